The smallest absolute Gasteiger partial charge is 0.352 e. The first-order valence-electron chi connectivity index (χ1n) is 17.5. The summed E-state index contributed by atoms with van der Waals surface area (Å²) >= 11 is 0. The van der Waals surface area contributed by atoms with Crippen molar-refractivity contribution in [2.45, 2.75) is 69.9 Å². The number of aliphatic hydroxyl groups excluding tert-OH is 1. The molecule has 4 aliphatic rings. The van der Waals surface area contributed by atoms with Gasteiger partial charge in [0.25, 0.3) is 0 Å². The number of aliphatic hydroxyl groups is 1. The molecule has 3 aromatic carbocycles. The molecule has 7 atom stereocenters. The lowest BCUT2D eigenvalue weighted by Crippen LogP contribution is -2.69. The number of benzene rings is 3. The van der Waals surface area contributed by atoms with E-state index in [9.17, 15) is 24.8 Å². The van der Waals surface area contributed by atoms with Crippen molar-refractivity contribution in [2.75, 3.05) is 6.61 Å². The molecule has 52 heavy (non-hydrogen) atoms. The summed E-state index contributed by atoms with van der Waals surface area (Å²) in [5.41, 5.74) is -5.00. The Morgan fingerprint density at radius 1 is 1.00 bits per heavy atom. The van der Waals surface area contributed by atoms with Gasteiger partial charge in [0.2, 0.25) is 5.60 Å². The fraction of sp³-hybridized carbons (Fsp3) is 0.381. The predicted octanol–water partition coefficient (Wildman–Crippen LogP) is 7.39. The number of para-hydroxylation sites is 1. The number of halogens is 1. The average molecular weight is 706 g/mol. The third kappa shape index (κ3) is 5.59. The Labute approximate surface area is 301 Å². The second kappa shape index (κ2) is 13.4. The number of rotatable bonds is 9. The first-order valence-corrected chi connectivity index (χ1v) is 17.5. The maximum absolute atomic E-state index is 17.7. The Hall–Kier alpha value is -5.27. The molecular weight excluding hydrogens is 665 g/mol. The standard InChI is InChI=1S/C42H40FNO8/c1-39-19-17-30(45)24-29(39)14-15-33-32-18-20-41(38(48)49-22-21-44,40(32,2)25-36(46)42(33,39)43)52-37(47)28-13-16-34(51-31-11-7-4-8-12-31)35(23-28)50-26-27-9-5-3-6-10-27/h3-14,16-17,19,23,32-33,36,46H,15,18,20,22,24-26H2,1-2H3/t32-,33-,36-,39-,40-,41-,42-/m0/s1. The van der Waals surface area contributed by atoms with Crippen LogP contribution in [0.4, 0.5) is 4.39 Å². The molecule has 4 aliphatic carbocycles. The first kappa shape index (κ1) is 35.1. The van der Waals surface area contributed by atoms with Crippen LogP contribution in [0.3, 0.4) is 0 Å². The van der Waals surface area contributed by atoms with Gasteiger partial charge >= 0.3 is 11.9 Å². The molecule has 10 heteroatoms. The van der Waals surface area contributed by atoms with E-state index in [0.717, 1.165) is 5.56 Å². The number of hydrogen-bond donors (Lipinski definition) is 1. The minimum absolute atomic E-state index is 0.00234. The third-order valence-corrected chi connectivity index (χ3v) is 12.0. The number of hydrogen-bond acceptors (Lipinski definition) is 9. The van der Waals surface area contributed by atoms with Crippen LogP contribution in [0.1, 0.15) is 61.9 Å². The van der Waals surface area contributed by atoms with E-state index in [1.165, 1.54) is 18.2 Å². The molecule has 0 bridgehead atoms. The number of alkyl halides is 1. The van der Waals surface area contributed by atoms with Gasteiger partial charge in [0.05, 0.1) is 11.7 Å². The maximum atomic E-state index is 17.7. The lowest BCUT2D eigenvalue weighted by atomic mass is 9.45. The molecule has 268 valence electrons. The number of nitriles is 1. The molecule has 0 amide bonds. The SMILES string of the molecule is C[C@]12C=CC(=O)CC1=CC[C@H]1[C@@H]3CC[C@](OC(=O)c4ccc(Oc5ccccc5)c(OCc5ccccc5)c4)(C(=O)OCC#N)[C@@]3(C)C[C@H](O)[C@@]12F. The minimum atomic E-state index is -2.14. The van der Waals surface area contributed by atoms with Gasteiger partial charge in [-0.3, -0.25) is 4.79 Å². The van der Waals surface area contributed by atoms with Gasteiger partial charge in [0, 0.05) is 23.2 Å². The van der Waals surface area contributed by atoms with E-state index in [1.54, 1.807) is 44.2 Å². The number of fused-ring (bicyclic) bond motifs is 5. The van der Waals surface area contributed by atoms with Crippen LogP contribution in [-0.4, -0.2) is 46.8 Å². The Bertz CT molecular complexity index is 1990. The highest BCUT2D eigenvalue weighted by molar-refractivity contribution is 5.94. The van der Waals surface area contributed by atoms with Crippen LogP contribution in [0.25, 0.3) is 0 Å². The molecule has 0 aromatic heterocycles. The minimum Gasteiger partial charge on any atom is -0.485 e. The molecule has 0 unspecified atom stereocenters. The highest BCUT2D eigenvalue weighted by atomic mass is 19.1. The molecule has 0 spiro atoms. The van der Waals surface area contributed by atoms with E-state index < -0.39 is 58.6 Å². The number of allylic oxidation sites excluding steroid dienone is 4. The number of ketones is 1. The van der Waals surface area contributed by atoms with Crippen LogP contribution < -0.4 is 9.47 Å². The Kier molecular flexibility index (Phi) is 9.04. The summed E-state index contributed by atoms with van der Waals surface area (Å²) in [5, 5.41) is 21.1. The summed E-state index contributed by atoms with van der Waals surface area (Å²) in [5.74, 6) is -2.02. The molecule has 9 nitrogen and oxygen atoms in total. The van der Waals surface area contributed by atoms with Crippen LogP contribution in [0.2, 0.25) is 0 Å². The van der Waals surface area contributed by atoms with Gasteiger partial charge < -0.3 is 24.1 Å². The van der Waals surface area contributed by atoms with Crippen molar-refractivity contribution in [1.29, 1.82) is 5.26 Å². The molecule has 0 radical (unpaired) electrons. The number of nitrogens with zero attached hydrogens (tertiary/aromatic N) is 1. The van der Waals surface area contributed by atoms with Gasteiger partial charge in [-0.2, -0.15) is 5.26 Å². The molecule has 2 fully saturated rings. The Morgan fingerprint density at radius 2 is 1.73 bits per heavy atom. The molecular formula is C42H40FNO8. The van der Waals surface area contributed by atoms with E-state index in [4.69, 9.17) is 18.9 Å². The summed E-state index contributed by atoms with van der Waals surface area (Å²) in [4.78, 5) is 40.6. The molecule has 1 N–H and O–H groups in total. The van der Waals surface area contributed by atoms with Crippen molar-refractivity contribution in [3.05, 3.63) is 114 Å². The van der Waals surface area contributed by atoms with Crippen LogP contribution in [-0.2, 0) is 25.7 Å². The Balaban J connectivity index is 1.23. The summed E-state index contributed by atoms with van der Waals surface area (Å²) in [6.45, 7) is 3.05. The zero-order valence-electron chi connectivity index (χ0n) is 29.0. The number of carbonyl (C=O) groups excluding carboxylic acids is 3. The van der Waals surface area contributed by atoms with Gasteiger partial charge in [0.15, 0.2) is 29.6 Å². The predicted molar refractivity (Wildman–Crippen MR) is 187 cm³/mol. The van der Waals surface area contributed by atoms with Crippen LogP contribution in [0.5, 0.6) is 17.2 Å². The lowest BCUT2D eigenvalue weighted by molar-refractivity contribution is -0.220. The van der Waals surface area contributed by atoms with Crippen LogP contribution in [0.15, 0.2) is 103 Å². The van der Waals surface area contributed by atoms with Crippen molar-refractivity contribution < 1.29 is 42.8 Å². The van der Waals surface area contributed by atoms with Gasteiger partial charge in [0.1, 0.15) is 18.4 Å². The summed E-state index contributed by atoms with van der Waals surface area (Å²) < 4.78 is 41.7. The number of esters is 2. The first-order chi connectivity index (χ1) is 24.9. The molecule has 0 saturated heterocycles. The number of carbonyl (C=O) groups is 3. The van der Waals surface area contributed by atoms with Crippen molar-refractivity contribution in [2.24, 2.45) is 22.7 Å². The molecule has 3 aromatic rings. The maximum Gasteiger partial charge on any atom is 0.352 e. The van der Waals surface area contributed by atoms with E-state index in [1.807, 2.05) is 54.6 Å². The van der Waals surface area contributed by atoms with E-state index >= 15 is 4.39 Å². The van der Waals surface area contributed by atoms with Crippen molar-refractivity contribution >= 4 is 17.7 Å². The normalized spacial score (nSPS) is 31.6. The fourth-order valence-corrected chi connectivity index (χ4v) is 9.26. The molecule has 7 rings (SSSR count). The number of ether oxygens (including phenoxy) is 4. The fourth-order valence-electron chi connectivity index (χ4n) is 9.26. The van der Waals surface area contributed by atoms with E-state index in [0.29, 0.717) is 23.5 Å². The summed E-state index contributed by atoms with van der Waals surface area (Å²) in [6.07, 6.45) is 3.65. The average Bonchev–Trinajstić information content (AvgIpc) is 3.43. The van der Waals surface area contributed by atoms with Crippen molar-refractivity contribution in [3.8, 4) is 23.3 Å². The lowest BCUT2D eigenvalue weighted by Gasteiger charge is -2.61. The highest BCUT2D eigenvalue weighted by Gasteiger charge is 2.76. The van der Waals surface area contributed by atoms with Crippen molar-refractivity contribution in [1.82, 2.24) is 0 Å². The third-order valence-electron chi connectivity index (χ3n) is 12.0. The van der Waals surface area contributed by atoms with Crippen LogP contribution >= 0.6 is 0 Å². The zero-order chi connectivity index (χ0) is 36.7. The second-order valence-corrected chi connectivity index (χ2v) is 14.6. The van der Waals surface area contributed by atoms with E-state index in [2.05, 4.69) is 0 Å². The quantitative estimate of drug-likeness (QED) is 0.179. The van der Waals surface area contributed by atoms with Gasteiger partial charge in [-0.15, -0.1) is 0 Å². The van der Waals surface area contributed by atoms with E-state index in [-0.39, 0.29) is 49.4 Å². The second-order valence-electron chi connectivity index (χ2n) is 14.6. The van der Waals surface area contributed by atoms with Crippen LogP contribution in [0, 0.1) is 34.0 Å². The van der Waals surface area contributed by atoms with Gasteiger partial charge in [-0.25, -0.2) is 14.0 Å². The van der Waals surface area contributed by atoms with Crippen molar-refractivity contribution in [3.63, 3.8) is 0 Å². The zero-order valence-corrected chi connectivity index (χ0v) is 29.0. The largest absolute Gasteiger partial charge is 0.485 e. The molecule has 0 heterocycles. The highest BCUT2D eigenvalue weighted by Crippen LogP contribution is 2.70. The summed E-state index contributed by atoms with van der Waals surface area (Å²) in [6, 6.07) is 25.0. The summed E-state index contributed by atoms with van der Waals surface area (Å²) in [7, 11) is 0. The van der Waals surface area contributed by atoms with Gasteiger partial charge in [-0.05, 0) is 80.5 Å². The monoisotopic (exact) mass is 705 g/mol. The Morgan fingerprint density at radius 3 is 2.46 bits per heavy atom. The molecule has 0 aliphatic heterocycles. The van der Waals surface area contributed by atoms with Gasteiger partial charge in [-0.1, -0.05) is 73.2 Å². The topological polar surface area (TPSA) is 132 Å². The molecule has 2 saturated carbocycles.